The lowest BCUT2D eigenvalue weighted by Gasteiger charge is -2.19. The summed E-state index contributed by atoms with van der Waals surface area (Å²) in [6, 6.07) is 11.2. The molecule has 0 aliphatic rings. The Labute approximate surface area is 192 Å². The van der Waals surface area contributed by atoms with E-state index in [1.165, 1.54) is 38.7 Å². The van der Waals surface area contributed by atoms with Gasteiger partial charge in [-0.05, 0) is 30.0 Å². The molecule has 0 amide bonds. The highest BCUT2D eigenvalue weighted by molar-refractivity contribution is 8.00. The molecule has 0 bridgehead atoms. The fraction of sp³-hybridized carbons (Fsp3) is 0.375. The first kappa shape index (κ1) is 23.7. The molecular formula is C24H28N2O5S. The van der Waals surface area contributed by atoms with E-state index in [0.29, 0.717) is 39.5 Å². The molecule has 0 radical (unpaired) electrons. The quantitative estimate of drug-likeness (QED) is 0.328. The molecule has 0 aliphatic heterocycles. The van der Waals surface area contributed by atoms with Gasteiger partial charge >= 0.3 is 0 Å². The van der Waals surface area contributed by atoms with E-state index in [0.717, 1.165) is 0 Å². The number of hydrogen-bond donors (Lipinski definition) is 0. The number of aromatic nitrogens is 2. The number of carbonyl (C=O) groups is 1. The standard InChI is InChI=1S/C24H28N2O5S/c1-14(20(27)15-8-10-17(11-9-15)24(2,3)4)32-23-26-25-22(31-23)16-12-18(28-5)21(30-7)19(13-16)29-6/h8-14H,1-7H3. The molecule has 1 heterocycles. The van der Waals surface area contributed by atoms with Gasteiger partial charge < -0.3 is 18.6 Å². The second-order valence-corrected chi connectivity index (χ2v) is 9.53. The van der Waals surface area contributed by atoms with Crippen molar-refractivity contribution >= 4 is 17.5 Å². The van der Waals surface area contributed by atoms with Crippen LogP contribution < -0.4 is 14.2 Å². The highest BCUT2D eigenvalue weighted by atomic mass is 32.2. The number of methoxy groups -OCH3 is 3. The van der Waals surface area contributed by atoms with E-state index in [1.807, 2.05) is 31.2 Å². The molecule has 0 N–H and O–H groups in total. The topological polar surface area (TPSA) is 83.7 Å². The molecular weight excluding hydrogens is 428 g/mol. The van der Waals surface area contributed by atoms with Crippen LogP contribution >= 0.6 is 11.8 Å². The van der Waals surface area contributed by atoms with E-state index >= 15 is 0 Å². The van der Waals surface area contributed by atoms with Crippen LogP contribution in [0.5, 0.6) is 17.2 Å². The van der Waals surface area contributed by atoms with Gasteiger partial charge in [0.05, 0.1) is 26.6 Å². The second kappa shape index (κ2) is 9.65. The molecule has 1 aromatic heterocycles. The van der Waals surface area contributed by atoms with Gasteiger partial charge in [0, 0.05) is 11.1 Å². The van der Waals surface area contributed by atoms with Gasteiger partial charge in [-0.15, -0.1) is 10.2 Å². The first-order chi connectivity index (χ1) is 15.2. The molecule has 1 unspecified atom stereocenters. The van der Waals surface area contributed by atoms with E-state index in [4.69, 9.17) is 18.6 Å². The number of benzene rings is 2. The van der Waals surface area contributed by atoms with E-state index in [-0.39, 0.29) is 16.4 Å². The Kier molecular flexibility index (Phi) is 7.13. The molecule has 170 valence electrons. The predicted molar refractivity (Wildman–Crippen MR) is 124 cm³/mol. The zero-order chi connectivity index (χ0) is 23.5. The summed E-state index contributed by atoms with van der Waals surface area (Å²) in [5.74, 6) is 1.74. The summed E-state index contributed by atoms with van der Waals surface area (Å²) in [6.07, 6.45) is 0. The van der Waals surface area contributed by atoms with Crippen molar-refractivity contribution in [2.75, 3.05) is 21.3 Å². The average Bonchev–Trinajstić information content (AvgIpc) is 3.25. The first-order valence-corrected chi connectivity index (χ1v) is 11.0. The molecule has 0 saturated heterocycles. The van der Waals surface area contributed by atoms with Crippen molar-refractivity contribution in [3.05, 3.63) is 47.5 Å². The molecule has 3 rings (SSSR count). The minimum Gasteiger partial charge on any atom is -0.493 e. The Balaban J connectivity index is 1.77. The van der Waals surface area contributed by atoms with Crippen molar-refractivity contribution in [2.45, 2.75) is 43.6 Å². The number of nitrogens with zero attached hydrogens (tertiary/aromatic N) is 2. The summed E-state index contributed by atoms with van der Waals surface area (Å²) in [7, 11) is 4.62. The highest BCUT2D eigenvalue weighted by Crippen LogP contribution is 2.41. The molecule has 2 aromatic carbocycles. The second-order valence-electron chi connectivity index (χ2n) is 8.24. The minimum atomic E-state index is -0.385. The Morgan fingerprint density at radius 3 is 2.06 bits per heavy atom. The van der Waals surface area contributed by atoms with Crippen LogP contribution in [0, 0.1) is 0 Å². The summed E-state index contributed by atoms with van der Waals surface area (Å²) >= 11 is 1.22. The number of Topliss-reactive ketones (excluding diaryl/α,β-unsaturated/α-hetero) is 1. The van der Waals surface area contributed by atoms with Crippen LogP contribution in [0.2, 0.25) is 0 Å². The third-order valence-corrected chi connectivity index (χ3v) is 5.93. The van der Waals surface area contributed by atoms with Crippen molar-refractivity contribution in [3.8, 4) is 28.7 Å². The third kappa shape index (κ3) is 5.07. The zero-order valence-corrected chi connectivity index (χ0v) is 20.2. The van der Waals surface area contributed by atoms with Crippen LogP contribution in [0.15, 0.2) is 46.0 Å². The largest absolute Gasteiger partial charge is 0.493 e. The average molecular weight is 457 g/mol. The minimum absolute atomic E-state index is 0.00277. The smallest absolute Gasteiger partial charge is 0.277 e. The van der Waals surface area contributed by atoms with Crippen molar-refractivity contribution in [2.24, 2.45) is 0 Å². The fourth-order valence-corrected chi connectivity index (χ4v) is 3.91. The van der Waals surface area contributed by atoms with Gasteiger partial charge in [-0.2, -0.15) is 0 Å². The number of thioether (sulfide) groups is 1. The lowest BCUT2D eigenvalue weighted by molar-refractivity contribution is 0.0993. The monoisotopic (exact) mass is 456 g/mol. The molecule has 7 nitrogen and oxygen atoms in total. The summed E-state index contributed by atoms with van der Waals surface area (Å²) in [5, 5.41) is 8.13. The Morgan fingerprint density at radius 2 is 1.56 bits per heavy atom. The summed E-state index contributed by atoms with van der Waals surface area (Å²) in [6.45, 7) is 8.25. The van der Waals surface area contributed by atoms with Crippen LogP contribution in [0.25, 0.3) is 11.5 Å². The number of rotatable bonds is 8. The van der Waals surface area contributed by atoms with Crippen LogP contribution in [-0.2, 0) is 5.41 Å². The summed E-state index contributed by atoms with van der Waals surface area (Å²) in [5.41, 5.74) is 2.49. The van der Waals surface area contributed by atoms with Gasteiger partial charge in [0.25, 0.3) is 5.22 Å². The lowest BCUT2D eigenvalue weighted by atomic mass is 9.86. The normalized spacial score (nSPS) is 12.3. The Morgan fingerprint density at radius 1 is 0.969 bits per heavy atom. The van der Waals surface area contributed by atoms with Crippen LogP contribution in [0.1, 0.15) is 43.6 Å². The van der Waals surface area contributed by atoms with E-state index < -0.39 is 0 Å². The molecule has 8 heteroatoms. The molecule has 32 heavy (non-hydrogen) atoms. The van der Waals surface area contributed by atoms with E-state index in [9.17, 15) is 4.79 Å². The van der Waals surface area contributed by atoms with Gasteiger partial charge in [0.2, 0.25) is 11.6 Å². The highest BCUT2D eigenvalue weighted by Gasteiger charge is 2.22. The maximum atomic E-state index is 12.9. The van der Waals surface area contributed by atoms with Gasteiger partial charge in [0.15, 0.2) is 17.3 Å². The Bertz CT molecular complexity index is 1060. The third-order valence-electron chi connectivity index (χ3n) is 5.00. The maximum absolute atomic E-state index is 12.9. The molecule has 3 aromatic rings. The number of ether oxygens (including phenoxy) is 3. The fourth-order valence-electron chi connectivity index (χ4n) is 3.15. The lowest BCUT2D eigenvalue weighted by Crippen LogP contribution is -2.15. The van der Waals surface area contributed by atoms with Crippen molar-refractivity contribution in [1.29, 1.82) is 0 Å². The van der Waals surface area contributed by atoms with Crippen molar-refractivity contribution < 1.29 is 23.4 Å². The SMILES string of the molecule is COc1cc(-c2nnc(SC(C)C(=O)c3ccc(C(C)(C)C)cc3)o2)cc(OC)c1OC. The van der Waals surface area contributed by atoms with Gasteiger partial charge in [-0.1, -0.05) is 56.8 Å². The molecule has 0 aliphatic carbocycles. The van der Waals surface area contributed by atoms with Gasteiger partial charge in [0.1, 0.15) is 0 Å². The van der Waals surface area contributed by atoms with Crippen LogP contribution in [0.3, 0.4) is 0 Å². The number of hydrogen-bond acceptors (Lipinski definition) is 8. The van der Waals surface area contributed by atoms with E-state index in [2.05, 4.69) is 31.0 Å². The molecule has 0 saturated carbocycles. The maximum Gasteiger partial charge on any atom is 0.277 e. The molecule has 1 atom stereocenters. The predicted octanol–water partition coefficient (Wildman–Crippen LogP) is 5.42. The first-order valence-electron chi connectivity index (χ1n) is 10.1. The van der Waals surface area contributed by atoms with Gasteiger partial charge in [-0.3, -0.25) is 4.79 Å². The summed E-state index contributed by atoms with van der Waals surface area (Å²) < 4.78 is 21.9. The number of ketones is 1. The summed E-state index contributed by atoms with van der Waals surface area (Å²) in [4.78, 5) is 12.9. The Hall–Kier alpha value is -3.00. The zero-order valence-electron chi connectivity index (χ0n) is 19.4. The van der Waals surface area contributed by atoms with Crippen LogP contribution in [-0.4, -0.2) is 42.6 Å². The van der Waals surface area contributed by atoms with Crippen LogP contribution in [0.4, 0.5) is 0 Å². The molecule has 0 spiro atoms. The number of carbonyl (C=O) groups excluding carboxylic acids is 1. The van der Waals surface area contributed by atoms with Gasteiger partial charge in [-0.25, -0.2) is 0 Å². The van der Waals surface area contributed by atoms with Crippen molar-refractivity contribution in [1.82, 2.24) is 10.2 Å². The molecule has 0 fully saturated rings. The van der Waals surface area contributed by atoms with E-state index in [1.54, 1.807) is 12.1 Å². The van der Waals surface area contributed by atoms with Crippen molar-refractivity contribution in [3.63, 3.8) is 0 Å².